The molecule has 0 N–H and O–H groups in total. The minimum Gasteiger partial charge on any atom is -0.469 e. The number of hydrogen-bond donors (Lipinski definition) is 0. The number of fused-ring (bicyclic) bond motifs is 1. The van der Waals surface area contributed by atoms with Gasteiger partial charge in [-0.2, -0.15) is 0 Å². The van der Waals surface area contributed by atoms with Crippen molar-refractivity contribution in [1.82, 2.24) is 4.98 Å². The summed E-state index contributed by atoms with van der Waals surface area (Å²) in [5.41, 5.74) is 2.80. The average Bonchev–Trinajstić information content (AvgIpc) is 2.81. The molecule has 0 atom stereocenters. The summed E-state index contributed by atoms with van der Waals surface area (Å²) in [6.07, 6.45) is 4.93. The summed E-state index contributed by atoms with van der Waals surface area (Å²) in [6, 6.07) is 8.80. The molecule has 0 saturated heterocycles. The monoisotopic (exact) mass is 513 g/mol. The number of esters is 2. The van der Waals surface area contributed by atoms with E-state index in [0.29, 0.717) is 40.8 Å². The number of halogens is 1. The number of allylic oxidation sites excluding steroid dienone is 2. The molecule has 33 heavy (non-hydrogen) atoms. The maximum Gasteiger partial charge on any atom is 0.307 e. The van der Waals surface area contributed by atoms with E-state index in [9.17, 15) is 14.4 Å². The number of nitrogens with zero attached hydrogens (tertiary/aromatic N) is 3. The smallest absolute Gasteiger partial charge is 0.307 e. The van der Waals surface area contributed by atoms with Gasteiger partial charge in [-0.15, -0.1) is 0 Å². The Labute approximate surface area is 206 Å². The second-order valence-corrected chi connectivity index (χ2v) is 7.28. The van der Waals surface area contributed by atoms with Crippen LogP contribution in [0.25, 0.3) is 0 Å². The van der Waals surface area contributed by atoms with Crippen molar-refractivity contribution in [1.29, 1.82) is 0 Å². The molecule has 1 aromatic heterocycles. The van der Waals surface area contributed by atoms with E-state index in [0.717, 1.165) is 5.69 Å². The Hall–Kier alpha value is -3.03. The first-order valence-corrected chi connectivity index (χ1v) is 10.3. The molecule has 0 saturated carbocycles. The van der Waals surface area contributed by atoms with E-state index in [1.165, 1.54) is 20.3 Å². The molecule has 176 valence electrons. The number of hydrogen-bond acceptors (Lipinski definition) is 8. The first kappa shape index (κ1) is 26.2. The van der Waals surface area contributed by atoms with Crippen LogP contribution in [0.2, 0.25) is 5.02 Å². The first-order valence-electron chi connectivity index (χ1n) is 9.87. The summed E-state index contributed by atoms with van der Waals surface area (Å²) >= 11 is 6.50. The summed E-state index contributed by atoms with van der Waals surface area (Å²) in [5, 5.41) is 0.381. The van der Waals surface area contributed by atoms with E-state index < -0.39 is 0 Å². The van der Waals surface area contributed by atoms with Gasteiger partial charge in [0.25, 0.3) is 0 Å². The molecular weight excluding hydrogens is 492 g/mol. The SMILES string of the molecule is COC(=O)CCN(CCC(=O)OC)c1ccc(N=C2C=CC(=O)c3ncccc32)c(Cl)c1.[Ni]. The van der Waals surface area contributed by atoms with Crippen molar-refractivity contribution in [3.05, 3.63) is 65.0 Å². The third kappa shape index (κ3) is 6.73. The zero-order chi connectivity index (χ0) is 23.1. The third-order valence-electron chi connectivity index (χ3n) is 4.87. The summed E-state index contributed by atoms with van der Waals surface area (Å²) in [6.45, 7) is 0.690. The topological polar surface area (TPSA) is 98.2 Å². The van der Waals surface area contributed by atoms with Gasteiger partial charge < -0.3 is 14.4 Å². The zero-order valence-electron chi connectivity index (χ0n) is 18.0. The van der Waals surface area contributed by atoms with E-state index in [1.54, 1.807) is 36.5 Å². The standard InChI is InChI=1S/C23H22ClN3O5.Ni/c1-31-21(29)9-12-27(13-10-22(30)32-2)15-5-6-19(17(24)14-15)26-18-7-8-20(28)23-16(18)4-3-11-25-23;/h3-8,11,14H,9-10,12-13H2,1-2H3;. The molecule has 3 rings (SSSR count). The number of aromatic nitrogens is 1. The van der Waals surface area contributed by atoms with E-state index in [2.05, 4.69) is 9.98 Å². The van der Waals surface area contributed by atoms with Crippen molar-refractivity contribution in [2.45, 2.75) is 12.8 Å². The number of methoxy groups -OCH3 is 2. The van der Waals surface area contributed by atoms with E-state index >= 15 is 0 Å². The molecule has 0 amide bonds. The van der Waals surface area contributed by atoms with Gasteiger partial charge in [0, 0.05) is 47.0 Å². The molecule has 1 aliphatic rings. The van der Waals surface area contributed by atoms with Crippen LogP contribution in [0.1, 0.15) is 28.9 Å². The van der Waals surface area contributed by atoms with E-state index in [-0.39, 0.29) is 47.1 Å². The van der Waals surface area contributed by atoms with Crippen LogP contribution in [-0.2, 0) is 35.6 Å². The van der Waals surface area contributed by atoms with Gasteiger partial charge in [-0.3, -0.25) is 19.4 Å². The second-order valence-electron chi connectivity index (χ2n) is 6.87. The van der Waals surface area contributed by atoms with Gasteiger partial charge in [-0.05, 0) is 42.5 Å². The van der Waals surface area contributed by atoms with Crippen molar-refractivity contribution in [2.24, 2.45) is 4.99 Å². The van der Waals surface area contributed by atoms with Gasteiger partial charge in [0.1, 0.15) is 5.69 Å². The number of ether oxygens (including phenoxy) is 2. The minimum atomic E-state index is -0.354. The predicted molar refractivity (Wildman–Crippen MR) is 121 cm³/mol. The number of pyridine rings is 1. The largest absolute Gasteiger partial charge is 0.469 e. The van der Waals surface area contributed by atoms with Crippen LogP contribution in [-0.4, -0.2) is 55.7 Å². The molecule has 0 unspecified atom stereocenters. The molecule has 1 heterocycles. The minimum absolute atomic E-state index is 0. The predicted octanol–water partition coefficient (Wildman–Crippen LogP) is 3.54. The Morgan fingerprint density at radius 2 is 1.73 bits per heavy atom. The van der Waals surface area contributed by atoms with Gasteiger partial charge in [-0.1, -0.05) is 11.6 Å². The normalized spacial score (nSPS) is 13.2. The molecule has 8 nitrogen and oxygen atoms in total. The van der Waals surface area contributed by atoms with Crippen molar-refractivity contribution in [3.63, 3.8) is 0 Å². The van der Waals surface area contributed by atoms with Crippen LogP contribution in [0.15, 0.2) is 53.7 Å². The molecule has 1 aromatic carbocycles. The summed E-state index contributed by atoms with van der Waals surface area (Å²) in [4.78, 5) is 45.8. The molecular formula is C23H22ClN3NiO5. The quantitative estimate of drug-likeness (QED) is 0.393. The van der Waals surface area contributed by atoms with Gasteiger partial charge >= 0.3 is 11.9 Å². The van der Waals surface area contributed by atoms with Gasteiger partial charge in [0.15, 0.2) is 0 Å². The first-order chi connectivity index (χ1) is 15.4. The number of ketones is 1. The van der Waals surface area contributed by atoms with Crippen LogP contribution in [0.5, 0.6) is 0 Å². The maximum absolute atomic E-state index is 12.0. The van der Waals surface area contributed by atoms with Gasteiger partial charge in [-0.25, -0.2) is 4.99 Å². The Bertz CT molecular complexity index is 1080. The van der Waals surface area contributed by atoms with Crippen molar-refractivity contribution >= 4 is 46.4 Å². The van der Waals surface area contributed by atoms with Gasteiger partial charge in [0.05, 0.1) is 43.5 Å². The van der Waals surface area contributed by atoms with Crippen LogP contribution in [0, 0.1) is 0 Å². The molecule has 0 radical (unpaired) electrons. The molecule has 0 aliphatic heterocycles. The van der Waals surface area contributed by atoms with Crippen LogP contribution in [0.4, 0.5) is 11.4 Å². The maximum atomic E-state index is 12.0. The number of anilines is 1. The van der Waals surface area contributed by atoms with E-state index in [4.69, 9.17) is 21.1 Å². The Kier molecular flexibility index (Phi) is 9.76. The fraction of sp³-hybridized carbons (Fsp3) is 0.261. The fourth-order valence-corrected chi connectivity index (χ4v) is 3.39. The zero-order valence-corrected chi connectivity index (χ0v) is 19.8. The van der Waals surface area contributed by atoms with Crippen molar-refractivity contribution < 1.29 is 40.3 Å². The third-order valence-corrected chi connectivity index (χ3v) is 5.18. The van der Waals surface area contributed by atoms with E-state index in [1.807, 2.05) is 11.0 Å². The fourth-order valence-electron chi connectivity index (χ4n) is 3.17. The Morgan fingerprint density at radius 1 is 1.06 bits per heavy atom. The number of carbonyl (C=O) groups excluding carboxylic acids is 3. The Balaban J connectivity index is 0.00000385. The molecule has 0 fully saturated rings. The van der Waals surface area contributed by atoms with Crippen LogP contribution < -0.4 is 4.90 Å². The van der Waals surface area contributed by atoms with Gasteiger partial charge in [0.2, 0.25) is 5.78 Å². The van der Waals surface area contributed by atoms with Crippen molar-refractivity contribution in [2.75, 3.05) is 32.2 Å². The van der Waals surface area contributed by atoms with Crippen molar-refractivity contribution in [3.8, 4) is 0 Å². The molecule has 0 bridgehead atoms. The molecule has 1 aliphatic carbocycles. The van der Waals surface area contributed by atoms with Crippen LogP contribution in [0.3, 0.4) is 0 Å². The number of carbonyl (C=O) groups is 3. The second kappa shape index (κ2) is 12.3. The number of rotatable bonds is 8. The number of aliphatic imine (C=N–C) groups is 1. The Morgan fingerprint density at radius 3 is 2.33 bits per heavy atom. The van der Waals surface area contributed by atoms with Crippen LogP contribution >= 0.6 is 11.6 Å². The average molecular weight is 515 g/mol. The molecule has 0 spiro atoms. The number of benzene rings is 1. The summed E-state index contributed by atoms with van der Waals surface area (Å²) in [5.74, 6) is -0.881. The molecule has 10 heteroatoms. The summed E-state index contributed by atoms with van der Waals surface area (Å²) in [7, 11) is 2.65. The molecule has 2 aromatic rings. The summed E-state index contributed by atoms with van der Waals surface area (Å²) < 4.78 is 9.42.